The molecule has 1 heterocycles. The number of rotatable bonds is 1. The largest absolute Gasteiger partial charge is 0.397 e. The summed E-state index contributed by atoms with van der Waals surface area (Å²) in [5.74, 6) is 1.52. The first-order chi connectivity index (χ1) is 9.15. The molecule has 1 saturated carbocycles. The number of piperidine rings is 1. The highest BCUT2D eigenvalue weighted by Gasteiger charge is 2.31. The molecule has 104 valence electrons. The number of nitrogen functional groups attached to an aromatic ring is 1. The fourth-order valence-electron chi connectivity index (χ4n) is 3.78. The standard InChI is InChI=1S/C16H23FN2/c1-11-8-16(15(18)9-14(11)17)19-7-6-12-4-2-3-5-13(12)10-19/h8-9,12-13H,2-7,10,18H2,1H3. The van der Waals surface area contributed by atoms with Crippen molar-refractivity contribution >= 4 is 11.4 Å². The molecule has 3 rings (SSSR count). The summed E-state index contributed by atoms with van der Waals surface area (Å²) in [5, 5.41) is 0. The highest BCUT2D eigenvalue weighted by atomic mass is 19.1. The first kappa shape index (κ1) is 12.8. The molecule has 0 radical (unpaired) electrons. The SMILES string of the molecule is Cc1cc(N2CCC3CCCCC3C2)c(N)cc1F. The Morgan fingerprint density at radius 2 is 1.89 bits per heavy atom. The second-order valence-electron chi connectivity index (χ2n) is 6.20. The van der Waals surface area contributed by atoms with E-state index >= 15 is 0 Å². The average molecular weight is 262 g/mol. The van der Waals surface area contributed by atoms with Crippen molar-refractivity contribution in [2.75, 3.05) is 23.7 Å². The number of hydrogen-bond donors (Lipinski definition) is 1. The van der Waals surface area contributed by atoms with Gasteiger partial charge in [-0.3, -0.25) is 0 Å². The summed E-state index contributed by atoms with van der Waals surface area (Å²) in [6.45, 7) is 3.97. The van der Waals surface area contributed by atoms with Crippen LogP contribution in [0.25, 0.3) is 0 Å². The van der Waals surface area contributed by atoms with Gasteiger partial charge in [0.1, 0.15) is 5.82 Å². The van der Waals surface area contributed by atoms with Crippen LogP contribution in [0.4, 0.5) is 15.8 Å². The Morgan fingerprint density at radius 1 is 1.16 bits per heavy atom. The number of aryl methyl sites for hydroxylation is 1. The zero-order valence-corrected chi connectivity index (χ0v) is 11.7. The van der Waals surface area contributed by atoms with Crippen LogP contribution in [0.2, 0.25) is 0 Å². The Bertz CT molecular complexity index is 472. The second-order valence-corrected chi connectivity index (χ2v) is 6.20. The van der Waals surface area contributed by atoms with Gasteiger partial charge in [-0.05, 0) is 49.3 Å². The van der Waals surface area contributed by atoms with E-state index in [-0.39, 0.29) is 5.82 Å². The molecule has 2 atom stereocenters. The number of fused-ring (bicyclic) bond motifs is 1. The summed E-state index contributed by atoms with van der Waals surface area (Å²) in [5.41, 5.74) is 8.31. The highest BCUT2D eigenvalue weighted by molar-refractivity contribution is 5.69. The van der Waals surface area contributed by atoms with E-state index in [1.807, 2.05) is 13.0 Å². The Morgan fingerprint density at radius 3 is 2.68 bits per heavy atom. The molecule has 1 aliphatic heterocycles. The van der Waals surface area contributed by atoms with E-state index in [0.29, 0.717) is 11.3 Å². The maximum Gasteiger partial charge on any atom is 0.128 e. The van der Waals surface area contributed by atoms with Gasteiger partial charge in [-0.2, -0.15) is 0 Å². The Balaban J connectivity index is 1.81. The lowest BCUT2D eigenvalue weighted by atomic mass is 9.75. The lowest BCUT2D eigenvalue weighted by Crippen LogP contribution is -2.42. The van der Waals surface area contributed by atoms with Gasteiger partial charge in [-0.25, -0.2) is 4.39 Å². The van der Waals surface area contributed by atoms with E-state index in [4.69, 9.17) is 5.73 Å². The molecule has 1 aromatic rings. The number of hydrogen-bond acceptors (Lipinski definition) is 2. The van der Waals surface area contributed by atoms with E-state index in [0.717, 1.165) is 30.6 Å². The van der Waals surface area contributed by atoms with Gasteiger partial charge in [-0.1, -0.05) is 19.3 Å². The van der Waals surface area contributed by atoms with Crippen LogP contribution in [0.1, 0.15) is 37.7 Å². The third kappa shape index (κ3) is 2.43. The predicted molar refractivity (Wildman–Crippen MR) is 77.8 cm³/mol. The van der Waals surface area contributed by atoms with Crippen LogP contribution in [0.3, 0.4) is 0 Å². The number of nitrogens with zero attached hydrogens (tertiary/aromatic N) is 1. The van der Waals surface area contributed by atoms with Crippen LogP contribution in [0, 0.1) is 24.6 Å². The van der Waals surface area contributed by atoms with Crippen molar-refractivity contribution in [2.45, 2.75) is 39.0 Å². The van der Waals surface area contributed by atoms with Gasteiger partial charge in [0.25, 0.3) is 0 Å². The summed E-state index contributed by atoms with van der Waals surface area (Å²) in [7, 11) is 0. The molecule has 0 aromatic heterocycles. The summed E-state index contributed by atoms with van der Waals surface area (Å²) in [6.07, 6.45) is 6.78. The van der Waals surface area contributed by atoms with E-state index in [2.05, 4.69) is 4.90 Å². The molecule has 0 spiro atoms. The second kappa shape index (κ2) is 5.03. The van der Waals surface area contributed by atoms with Gasteiger partial charge in [0, 0.05) is 13.1 Å². The minimum atomic E-state index is -0.200. The van der Waals surface area contributed by atoms with Gasteiger partial charge >= 0.3 is 0 Å². The van der Waals surface area contributed by atoms with Crippen molar-refractivity contribution in [3.63, 3.8) is 0 Å². The third-order valence-corrected chi connectivity index (χ3v) is 4.94. The molecule has 2 fully saturated rings. The van der Waals surface area contributed by atoms with Gasteiger partial charge in [0.2, 0.25) is 0 Å². The van der Waals surface area contributed by atoms with Crippen LogP contribution in [-0.2, 0) is 0 Å². The molecule has 19 heavy (non-hydrogen) atoms. The van der Waals surface area contributed by atoms with E-state index in [1.54, 1.807) is 0 Å². The fourth-order valence-corrected chi connectivity index (χ4v) is 3.78. The smallest absolute Gasteiger partial charge is 0.128 e. The molecule has 1 saturated heterocycles. The lowest BCUT2D eigenvalue weighted by Gasteiger charge is -2.42. The quantitative estimate of drug-likeness (QED) is 0.781. The first-order valence-corrected chi connectivity index (χ1v) is 7.45. The molecule has 0 amide bonds. The van der Waals surface area contributed by atoms with Crippen LogP contribution in [-0.4, -0.2) is 13.1 Å². The monoisotopic (exact) mass is 262 g/mol. The Hall–Kier alpha value is -1.25. The van der Waals surface area contributed by atoms with Crippen molar-refractivity contribution in [1.29, 1.82) is 0 Å². The average Bonchev–Trinajstić information content (AvgIpc) is 2.42. The minimum Gasteiger partial charge on any atom is -0.397 e. The van der Waals surface area contributed by atoms with Crippen LogP contribution in [0.5, 0.6) is 0 Å². The molecule has 2 unspecified atom stereocenters. The molecule has 2 nitrogen and oxygen atoms in total. The van der Waals surface area contributed by atoms with Crippen LogP contribution < -0.4 is 10.6 Å². The highest BCUT2D eigenvalue weighted by Crippen LogP contribution is 2.39. The maximum atomic E-state index is 13.5. The summed E-state index contributed by atoms with van der Waals surface area (Å²) < 4.78 is 13.5. The van der Waals surface area contributed by atoms with E-state index in [1.165, 1.54) is 38.2 Å². The molecule has 3 heteroatoms. The number of anilines is 2. The van der Waals surface area contributed by atoms with Crippen molar-refractivity contribution < 1.29 is 4.39 Å². The topological polar surface area (TPSA) is 29.3 Å². The zero-order chi connectivity index (χ0) is 13.4. The third-order valence-electron chi connectivity index (χ3n) is 4.94. The molecule has 1 aromatic carbocycles. The fraction of sp³-hybridized carbons (Fsp3) is 0.625. The first-order valence-electron chi connectivity index (χ1n) is 7.45. The zero-order valence-electron chi connectivity index (χ0n) is 11.7. The summed E-state index contributed by atoms with van der Waals surface area (Å²) >= 11 is 0. The van der Waals surface area contributed by atoms with Crippen molar-refractivity contribution in [3.8, 4) is 0 Å². The van der Waals surface area contributed by atoms with E-state index in [9.17, 15) is 4.39 Å². The van der Waals surface area contributed by atoms with Crippen molar-refractivity contribution in [1.82, 2.24) is 0 Å². The lowest BCUT2D eigenvalue weighted by molar-refractivity contribution is 0.202. The normalized spacial score (nSPS) is 27.2. The summed E-state index contributed by atoms with van der Waals surface area (Å²) in [6, 6.07) is 3.38. The van der Waals surface area contributed by atoms with Crippen molar-refractivity contribution in [3.05, 3.63) is 23.5 Å². The van der Waals surface area contributed by atoms with Crippen LogP contribution in [0.15, 0.2) is 12.1 Å². The Kier molecular flexibility index (Phi) is 3.38. The minimum absolute atomic E-state index is 0.200. The molecule has 2 aliphatic rings. The number of halogens is 1. The molecule has 2 N–H and O–H groups in total. The van der Waals surface area contributed by atoms with Gasteiger partial charge < -0.3 is 10.6 Å². The van der Waals surface area contributed by atoms with Gasteiger partial charge in [-0.15, -0.1) is 0 Å². The molecule has 1 aliphatic carbocycles. The van der Waals surface area contributed by atoms with Gasteiger partial charge in [0.05, 0.1) is 11.4 Å². The number of nitrogens with two attached hydrogens (primary N) is 1. The molecular formula is C16H23FN2. The van der Waals surface area contributed by atoms with Gasteiger partial charge in [0.15, 0.2) is 0 Å². The van der Waals surface area contributed by atoms with Crippen molar-refractivity contribution in [2.24, 2.45) is 11.8 Å². The Labute approximate surface area is 114 Å². The predicted octanol–water partition coefficient (Wildman–Crippen LogP) is 3.73. The van der Waals surface area contributed by atoms with E-state index < -0.39 is 0 Å². The van der Waals surface area contributed by atoms with Crippen LogP contribution >= 0.6 is 0 Å². The number of benzene rings is 1. The maximum absolute atomic E-state index is 13.5. The molecule has 0 bridgehead atoms. The molecular weight excluding hydrogens is 239 g/mol. The summed E-state index contributed by atoms with van der Waals surface area (Å²) in [4.78, 5) is 2.37.